The Morgan fingerprint density at radius 3 is 2.75 bits per heavy atom. The van der Waals surface area contributed by atoms with E-state index in [1.54, 1.807) is 6.20 Å². The lowest BCUT2D eigenvalue weighted by Gasteiger charge is -2.27. The van der Waals surface area contributed by atoms with Crippen LogP contribution in [0.5, 0.6) is 0 Å². The van der Waals surface area contributed by atoms with Gasteiger partial charge in [-0.1, -0.05) is 0 Å². The molecule has 0 bridgehead atoms. The Labute approximate surface area is 149 Å². The number of rotatable bonds is 5. The zero-order chi connectivity index (χ0) is 17.1. The van der Waals surface area contributed by atoms with Crippen LogP contribution < -0.4 is 5.32 Å². The highest BCUT2D eigenvalue weighted by Gasteiger charge is 2.39. The Balaban J connectivity index is 1.76. The SMILES string of the molecule is CS[C@@H]1CN(C(=O)c2cccnc2NC(C)C)C[C@@H]1N1CCCC1. The summed E-state index contributed by atoms with van der Waals surface area (Å²) in [5, 5.41) is 3.80. The van der Waals surface area contributed by atoms with Crippen LogP contribution in [-0.2, 0) is 0 Å². The molecular formula is C18H28N4OS. The molecule has 0 spiro atoms. The highest BCUT2D eigenvalue weighted by atomic mass is 32.2. The number of carbonyl (C=O) groups excluding carboxylic acids is 1. The van der Waals surface area contributed by atoms with Crippen molar-refractivity contribution in [1.29, 1.82) is 0 Å². The molecule has 1 aromatic rings. The summed E-state index contributed by atoms with van der Waals surface area (Å²) in [6.45, 7) is 8.14. The van der Waals surface area contributed by atoms with Crippen molar-refractivity contribution in [1.82, 2.24) is 14.8 Å². The molecular weight excluding hydrogens is 320 g/mol. The van der Waals surface area contributed by atoms with Crippen molar-refractivity contribution in [2.24, 2.45) is 0 Å². The molecule has 3 heterocycles. The molecule has 3 rings (SSSR count). The molecule has 24 heavy (non-hydrogen) atoms. The normalized spacial score (nSPS) is 24.8. The standard InChI is InChI=1S/C18H28N4OS/c1-13(2)20-17-14(7-6-8-19-17)18(23)22-11-15(16(12-22)24-3)21-9-4-5-10-21/h6-8,13,15-16H,4-5,9-12H2,1-3H3,(H,19,20)/t15-,16+/m0/s1. The van der Waals surface area contributed by atoms with E-state index in [-0.39, 0.29) is 11.9 Å². The summed E-state index contributed by atoms with van der Waals surface area (Å²) in [4.78, 5) is 22.1. The smallest absolute Gasteiger partial charge is 0.257 e. The second-order valence-corrected chi connectivity index (χ2v) is 8.07. The van der Waals surface area contributed by atoms with Crippen LogP contribution in [0.1, 0.15) is 37.0 Å². The molecule has 0 radical (unpaired) electrons. The summed E-state index contributed by atoms with van der Waals surface area (Å²) in [5.74, 6) is 0.801. The number of nitrogens with zero attached hydrogens (tertiary/aromatic N) is 3. The fourth-order valence-corrected chi connectivity index (χ4v) is 4.62. The molecule has 1 amide bonds. The van der Waals surface area contributed by atoms with Crippen LogP contribution in [0.2, 0.25) is 0 Å². The van der Waals surface area contributed by atoms with Crippen LogP contribution in [0, 0.1) is 0 Å². The van der Waals surface area contributed by atoms with Crippen LogP contribution in [0.25, 0.3) is 0 Å². The zero-order valence-electron chi connectivity index (χ0n) is 14.9. The molecule has 1 aromatic heterocycles. The Hall–Kier alpha value is -1.27. The summed E-state index contributed by atoms with van der Waals surface area (Å²) in [7, 11) is 0. The minimum absolute atomic E-state index is 0.104. The van der Waals surface area contributed by atoms with Gasteiger partial charge in [0.15, 0.2) is 0 Å². The second-order valence-electron chi connectivity index (χ2n) is 6.99. The third-order valence-corrected chi connectivity index (χ3v) is 5.97. The van der Waals surface area contributed by atoms with Crippen molar-refractivity contribution in [3.63, 3.8) is 0 Å². The maximum Gasteiger partial charge on any atom is 0.257 e. The predicted molar refractivity (Wildman–Crippen MR) is 101 cm³/mol. The molecule has 2 atom stereocenters. The van der Waals surface area contributed by atoms with E-state index in [0.717, 1.165) is 13.1 Å². The lowest BCUT2D eigenvalue weighted by Crippen LogP contribution is -2.40. The topological polar surface area (TPSA) is 48.5 Å². The van der Waals surface area contributed by atoms with Crippen molar-refractivity contribution in [2.45, 2.75) is 44.0 Å². The van der Waals surface area contributed by atoms with Crippen LogP contribution in [-0.4, -0.2) is 70.5 Å². The molecule has 2 aliphatic rings. The van der Waals surface area contributed by atoms with Crippen LogP contribution in [0.3, 0.4) is 0 Å². The van der Waals surface area contributed by atoms with Gasteiger partial charge in [-0.05, 0) is 58.2 Å². The number of hydrogen-bond donors (Lipinski definition) is 1. The van der Waals surface area contributed by atoms with E-state index >= 15 is 0 Å². The molecule has 6 heteroatoms. The number of likely N-dealkylation sites (tertiary alicyclic amines) is 2. The third kappa shape index (κ3) is 3.70. The zero-order valence-corrected chi connectivity index (χ0v) is 15.7. The lowest BCUT2D eigenvalue weighted by atomic mass is 10.2. The summed E-state index contributed by atoms with van der Waals surface area (Å²) in [6.07, 6.45) is 6.48. The molecule has 0 aromatic carbocycles. The molecule has 0 saturated carbocycles. The van der Waals surface area contributed by atoms with E-state index in [0.29, 0.717) is 22.7 Å². The van der Waals surface area contributed by atoms with Gasteiger partial charge >= 0.3 is 0 Å². The first-order chi connectivity index (χ1) is 11.6. The van der Waals surface area contributed by atoms with E-state index in [2.05, 4.69) is 35.3 Å². The van der Waals surface area contributed by atoms with E-state index in [1.165, 1.54) is 25.9 Å². The van der Waals surface area contributed by atoms with Gasteiger partial charge in [-0.3, -0.25) is 9.69 Å². The number of aromatic nitrogens is 1. The minimum Gasteiger partial charge on any atom is -0.367 e. The van der Waals surface area contributed by atoms with Crippen LogP contribution in [0.15, 0.2) is 18.3 Å². The number of carbonyl (C=O) groups is 1. The monoisotopic (exact) mass is 348 g/mol. The summed E-state index contributed by atoms with van der Waals surface area (Å²) >= 11 is 1.89. The van der Waals surface area contributed by atoms with Crippen molar-refractivity contribution >= 4 is 23.5 Å². The number of nitrogens with one attached hydrogen (secondary N) is 1. The summed E-state index contributed by atoms with van der Waals surface area (Å²) in [5.41, 5.74) is 0.688. The van der Waals surface area contributed by atoms with Crippen molar-refractivity contribution in [3.05, 3.63) is 23.9 Å². The fraction of sp³-hybridized carbons (Fsp3) is 0.667. The molecule has 2 aliphatic heterocycles. The van der Waals surface area contributed by atoms with Gasteiger partial charge in [0.2, 0.25) is 0 Å². The van der Waals surface area contributed by atoms with E-state index in [9.17, 15) is 4.79 Å². The maximum atomic E-state index is 13.1. The number of amides is 1. The molecule has 132 valence electrons. The number of pyridine rings is 1. The number of thioether (sulfide) groups is 1. The molecule has 2 saturated heterocycles. The maximum absolute atomic E-state index is 13.1. The van der Waals surface area contributed by atoms with Gasteiger partial charge in [-0.2, -0.15) is 11.8 Å². The van der Waals surface area contributed by atoms with Crippen molar-refractivity contribution in [3.8, 4) is 0 Å². The van der Waals surface area contributed by atoms with Gasteiger partial charge in [-0.25, -0.2) is 4.98 Å². The molecule has 5 nitrogen and oxygen atoms in total. The average Bonchev–Trinajstić information content (AvgIpc) is 3.23. The van der Waals surface area contributed by atoms with Crippen molar-refractivity contribution in [2.75, 3.05) is 37.8 Å². The Morgan fingerprint density at radius 1 is 1.33 bits per heavy atom. The van der Waals surface area contributed by atoms with Crippen LogP contribution in [0.4, 0.5) is 5.82 Å². The predicted octanol–water partition coefficient (Wildman–Crippen LogP) is 2.55. The van der Waals surface area contributed by atoms with E-state index in [4.69, 9.17) is 0 Å². The quantitative estimate of drug-likeness (QED) is 0.886. The van der Waals surface area contributed by atoms with Gasteiger partial charge < -0.3 is 10.2 Å². The summed E-state index contributed by atoms with van der Waals surface area (Å²) in [6, 6.07) is 4.47. The van der Waals surface area contributed by atoms with E-state index < -0.39 is 0 Å². The Morgan fingerprint density at radius 2 is 2.08 bits per heavy atom. The molecule has 2 fully saturated rings. The highest BCUT2D eigenvalue weighted by molar-refractivity contribution is 7.99. The minimum atomic E-state index is 0.104. The van der Waals surface area contributed by atoms with Crippen LogP contribution >= 0.6 is 11.8 Å². The fourth-order valence-electron chi connectivity index (χ4n) is 3.71. The first kappa shape index (κ1) is 17.5. The number of anilines is 1. The molecule has 0 unspecified atom stereocenters. The Bertz CT molecular complexity index is 574. The molecule has 1 N–H and O–H groups in total. The molecule has 0 aliphatic carbocycles. The van der Waals surface area contributed by atoms with Gasteiger partial charge in [0.05, 0.1) is 5.56 Å². The van der Waals surface area contributed by atoms with E-state index in [1.807, 2.05) is 28.8 Å². The largest absolute Gasteiger partial charge is 0.367 e. The highest BCUT2D eigenvalue weighted by Crippen LogP contribution is 2.29. The summed E-state index contributed by atoms with van der Waals surface area (Å²) < 4.78 is 0. The Kier molecular flexibility index (Phi) is 5.66. The first-order valence-electron chi connectivity index (χ1n) is 8.88. The van der Waals surface area contributed by atoms with Gasteiger partial charge in [0, 0.05) is 36.6 Å². The second kappa shape index (κ2) is 7.74. The van der Waals surface area contributed by atoms with Gasteiger partial charge in [0.1, 0.15) is 5.82 Å². The number of hydrogen-bond acceptors (Lipinski definition) is 5. The van der Waals surface area contributed by atoms with Gasteiger partial charge in [0.25, 0.3) is 5.91 Å². The van der Waals surface area contributed by atoms with Gasteiger partial charge in [-0.15, -0.1) is 0 Å². The third-order valence-electron chi connectivity index (χ3n) is 4.90. The lowest BCUT2D eigenvalue weighted by molar-refractivity contribution is 0.0780. The van der Waals surface area contributed by atoms with Crippen molar-refractivity contribution < 1.29 is 4.79 Å². The average molecular weight is 349 g/mol. The first-order valence-corrected chi connectivity index (χ1v) is 10.2.